The number of carboxylic acid groups (broad SMARTS) is 1. The monoisotopic (exact) mass is 316 g/mol. The lowest BCUT2D eigenvalue weighted by molar-refractivity contribution is -0.144. The zero-order valence-electron chi connectivity index (χ0n) is 12.1. The second-order valence-corrected chi connectivity index (χ2v) is 7.61. The van der Waals surface area contributed by atoms with Crippen LogP contribution in [0.15, 0.2) is 6.33 Å². The molecule has 1 aliphatic rings. The summed E-state index contributed by atoms with van der Waals surface area (Å²) in [6.07, 6.45) is 2.30. The van der Waals surface area contributed by atoms with E-state index in [-0.39, 0.29) is 5.75 Å². The van der Waals surface area contributed by atoms with Gasteiger partial charge in [0.05, 0.1) is 23.5 Å². The number of fused-ring (bicyclic) bond motifs is 1. The van der Waals surface area contributed by atoms with Crippen LogP contribution < -0.4 is 0 Å². The summed E-state index contributed by atoms with van der Waals surface area (Å²) in [5.74, 6) is -0.891. The molecule has 1 aromatic rings. The van der Waals surface area contributed by atoms with Gasteiger partial charge in [-0.3, -0.25) is 9.69 Å². The van der Waals surface area contributed by atoms with Crippen molar-refractivity contribution in [3.05, 3.63) is 17.7 Å². The molecule has 0 radical (unpaired) electrons. The Kier molecular flexibility index (Phi) is 4.64. The molecule has 0 saturated heterocycles. The Balaban J connectivity index is 2.00. The maximum atomic E-state index is 11.7. The fourth-order valence-corrected chi connectivity index (χ4v) is 3.26. The maximum Gasteiger partial charge on any atom is 0.321 e. The average Bonchev–Trinajstić information content (AvgIpc) is 2.84. The number of nitrogens with one attached hydrogen (secondary N) is 1. The molecule has 0 fully saturated rings. The first-order chi connectivity index (χ1) is 9.81. The van der Waals surface area contributed by atoms with Crippen molar-refractivity contribution in [2.75, 3.05) is 26.4 Å². The molecular formula is C12H20N4O4S. The van der Waals surface area contributed by atoms with Gasteiger partial charge in [0.2, 0.25) is 10.0 Å². The van der Waals surface area contributed by atoms with Gasteiger partial charge in [0.25, 0.3) is 0 Å². The Morgan fingerprint density at radius 1 is 1.57 bits per heavy atom. The molecule has 0 aromatic carbocycles. The zero-order valence-corrected chi connectivity index (χ0v) is 12.9. The number of hydrogen-bond donors (Lipinski definition) is 2. The van der Waals surface area contributed by atoms with Gasteiger partial charge in [0.1, 0.15) is 6.04 Å². The van der Waals surface area contributed by atoms with Crippen LogP contribution in [0.1, 0.15) is 17.8 Å². The minimum Gasteiger partial charge on any atom is -0.480 e. The maximum absolute atomic E-state index is 11.7. The number of aromatic nitrogens is 2. The summed E-state index contributed by atoms with van der Waals surface area (Å²) < 4.78 is 24.6. The van der Waals surface area contributed by atoms with Crippen LogP contribution in [0, 0.1) is 0 Å². The Morgan fingerprint density at radius 2 is 2.29 bits per heavy atom. The van der Waals surface area contributed by atoms with Crippen LogP contribution in [-0.4, -0.2) is 71.1 Å². The lowest BCUT2D eigenvalue weighted by atomic mass is 10.0. The average molecular weight is 316 g/mol. The molecule has 0 saturated carbocycles. The highest BCUT2D eigenvalue weighted by Crippen LogP contribution is 2.21. The highest BCUT2D eigenvalue weighted by Gasteiger charge is 2.32. The predicted molar refractivity (Wildman–Crippen MR) is 76.2 cm³/mol. The second-order valence-electron chi connectivity index (χ2n) is 5.31. The van der Waals surface area contributed by atoms with E-state index < -0.39 is 22.0 Å². The first-order valence-corrected chi connectivity index (χ1v) is 8.30. The topological polar surface area (TPSA) is 107 Å². The fourth-order valence-electron chi connectivity index (χ4n) is 2.40. The molecule has 0 bridgehead atoms. The number of nitrogens with zero attached hydrogens (tertiary/aromatic N) is 3. The number of imidazole rings is 1. The van der Waals surface area contributed by atoms with Crippen LogP contribution in [0.5, 0.6) is 0 Å². The highest BCUT2D eigenvalue weighted by molar-refractivity contribution is 7.89. The molecule has 1 unspecified atom stereocenters. The predicted octanol–water partition coefficient (Wildman–Crippen LogP) is -0.497. The van der Waals surface area contributed by atoms with Gasteiger partial charge in [-0.25, -0.2) is 17.7 Å². The van der Waals surface area contributed by atoms with Crippen molar-refractivity contribution in [2.45, 2.75) is 25.4 Å². The largest absolute Gasteiger partial charge is 0.480 e. The number of hydrogen-bond acceptors (Lipinski definition) is 5. The van der Waals surface area contributed by atoms with Gasteiger partial charge in [-0.15, -0.1) is 0 Å². The van der Waals surface area contributed by atoms with Crippen molar-refractivity contribution >= 4 is 16.0 Å². The van der Waals surface area contributed by atoms with E-state index in [0.717, 1.165) is 11.4 Å². The van der Waals surface area contributed by atoms with E-state index in [0.29, 0.717) is 25.9 Å². The Hall–Kier alpha value is -1.45. The molecule has 1 atom stereocenters. The smallest absolute Gasteiger partial charge is 0.321 e. The molecule has 9 heteroatoms. The summed E-state index contributed by atoms with van der Waals surface area (Å²) in [4.78, 5) is 20.3. The Morgan fingerprint density at radius 3 is 2.90 bits per heavy atom. The van der Waals surface area contributed by atoms with E-state index >= 15 is 0 Å². The number of aliphatic carboxylic acids is 1. The van der Waals surface area contributed by atoms with Crippen molar-refractivity contribution in [3.63, 3.8) is 0 Å². The molecule has 0 aliphatic carbocycles. The Labute approximate surface area is 123 Å². The number of sulfonamides is 1. The van der Waals surface area contributed by atoms with Crippen LogP contribution in [0.25, 0.3) is 0 Å². The molecule has 118 valence electrons. The first kappa shape index (κ1) is 15.9. The molecule has 2 heterocycles. The lowest BCUT2D eigenvalue weighted by Crippen LogP contribution is -2.46. The molecule has 21 heavy (non-hydrogen) atoms. The number of H-pyrrole nitrogens is 1. The van der Waals surface area contributed by atoms with Gasteiger partial charge < -0.3 is 10.1 Å². The van der Waals surface area contributed by atoms with Crippen molar-refractivity contribution in [2.24, 2.45) is 0 Å². The van der Waals surface area contributed by atoms with Gasteiger partial charge >= 0.3 is 5.97 Å². The third-order valence-electron chi connectivity index (χ3n) is 3.69. The van der Waals surface area contributed by atoms with Gasteiger partial charge in [-0.1, -0.05) is 0 Å². The van der Waals surface area contributed by atoms with Crippen molar-refractivity contribution in [1.29, 1.82) is 0 Å². The van der Waals surface area contributed by atoms with E-state index in [2.05, 4.69) is 9.97 Å². The van der Waals surface area contributed by atoms with Crippen LogP contribution in [0.3, 0.4) is 0 Å². The second kappa shape index (κ2) is 6.12. The summed E-state index contributed by atoms with van der Waals surface area (Å²) >= 11 is 0. The standard InChI is InChI=1S/C12H20N4O4S/c1-15(2)21(19,20)5-3-4-16-7-10-9(13-8-14-10)6-11(16)12(17)18/h8,11H,3-7H2,1-2H3,(H,13,14)(H,17,18). The van der Waals surface area contributed by atoms with Gasteiger partial charge in [-0.05, 0) is 6.42 Å². The summed E-state index contributed by atoms with van der Waals surface area (Å²) in [6, 6.07) is -0.650. The molecule has 1 aromatic heterocycles. The number of rotatable bonds is 6. The van der Waals surface area contributed by atoms with Crippen LogP contribution in [-0.2, 0) is 27.8 Å². The summed E-state index contributed by atoms with van der Waals surface area (Å²) in [6.45, 7) is 0.872. The van der Waals surface area contributed by atoms with Crippen LogP contribution >= 0.6 is 0 Å². The zero-order chi connectivity index (χ0) is 15.6. The minimum atomic E-state index is -3.25. The molecule has 1 aliphatic heterocycles. The third kappa shape index (κ3) is 3.60. The van der Waals surface area contributed by atoms with Crippen LogP contribution in [0.4, 0.5) is 0 Å². The van der Waals surface area contributed by atoms with E-state index in [1.165, 1.54) is 18.4 Å². The molecular weight excluding hydrogens is 296 g/mol. The summed E-state index contributed by atoms with van der Waals surface area (Å²) in [5.41, 5.74) is 1.68. The minimum absolute atomic E-state index is 0.0126. The molecule has 2 rings (SSSR count). The number of aromatic amines is 1. The SMILES string of the molecule is CN(C)S(=O)(=O)CCCN1Cc2[nH]cnc2CC1C(=O)O. The molecule has 0 amide bonds. The Bertz CT molecular complexity index is 611. The van der Waals surface area contributed by atoms with E-state index in [9.17, 15) is 18.3 Å². The molecule has 8 nitrogen and oxygen atoms in total. The quantitative estimate of drug-likeness (QED) is 0.733. The third-order valence-corrected chi connectivity index (χ3v) is 5.60. The lowest BCUT2D eigenvalue weighted by Gasteiger charge is -2.32. The summed E-state index contributed by atoms with van der Waals surface area (Å²) in [7, 11) is -0.261. The van der Waals surface area contributed by atoms with Gasteiger partial charge in [-0.2, -0.15) is 0 Å². The van der Waals surface area contributed by atoms with Gasteiger partial charge in [0.15, 0.2) is 0 Å². The van der Waals surface area contributed by atoms with Crippen molar-refractivity contribution < 1.29 is 18.3 Å². The van der Waals surface area contributed by atoms with Crippen LogP contribution in [0.2, 0.25) is 0 Å². The molecule has 0 spiro atoms. The summed E-state index contributed by atoms with van der Waals surface area (Å²) in [5, 5.41) is 9.31. The van der Waals surface area contributed by atoms with E-state index in [4.69, 9.17) is 0 Å². The van der Waals surface area contributed by atoms with Crippen molar-refractivity contribution in [3.8, 4) is 0 Å². The van der Waals surface area contributed by atoms with E-state index in [1.54, 1.807) is 11.2 Å². The highest BCUT2D eigenvalue weighted by atomic mass is 32.2. The first-order valence-electron chi connectivity index (χ1n) is 6.69. The van der Waals surface area contributed by atoms with E-state index in [1.807, 2.05) is 0 Å². The van der Waals surface area contributed by atoms with Crippen molar-refractivity contribution in [1.82, 2.24) is 19.2 Å². The number of carboxylic acids is 1. The molecule has 2 N–H and O–H groups in total. The van der Waals surface area contributed by atoms with Gasteiger partial charge in [0, 0.05) is 33.6 Å². The fraction of sp³-hybridized carbons (Fsp3) is 0.667. The normalized spacial score (nSPS) is 19.7. The number of carbonyl (C=O) groups is 1.